The Balaban J connectivity index is 2.04. The number of hydrogen-bond donors (Lipinski definition) is 1. The first-order valence-corrected chi connectivity index (χ1v) is 9.09. The molecule has 2 rings (SSSR count). The molecule has 112 valence electrons. The summed E-state index contributed by atoms with van der Waals surface area (Å²) in [6.45, 7) is 0.712. The van der Waals surface area contributed by atoms with E-state index in [4.69, 9.17) is 0 Å². The lowest BCUT2D eigenvalue weighted by Gasteiger charge is -2.16. The van der Waals surface area contributed by atoms with E-state index in [1.54, 1.807) is 0 Å². The molecule has 0 aromatic heterocycles. The van der Waals surface area contributed by atoms with Gasteiger partial charge in [-0.2, -0.15) is 0 Å². The normalized spacial score (nSPS) is 17.7. The Hall–Kier alpha value is -1.10. The molecule has 0 saturated heterocycles. The van der Waals surface area contributed by atoms with Gasteiger partial charge in [0.25, 0.3) is 0 Å². The van der Waals surface area contributed by atoms with Crippen LogP contribution in [0.2, 0.25) is 0 Å². The van der Waals surface area contributed by atoms with Crippen molar-refractivity contribution in [2.24, 2.45) is 5.92 Å². The Kier molecular flexibility index (Phi) is 5.02. The van der Waals surface area contributed by atoms with E-state index in [1.165, 1.54) is 56.7 Å². The van der Waals surface area contributed by atoms with Gasteiger partial charge in [0.05, 0.1) is 10.6 Å². The van der Waals surface area contributed by atoms with Crippen LogP contribution in [-0.2, 0) is 9.84 Å². The zero-order chi connectivity index (χ0) is 14.6. The molecule has 3 nitrogen and oxygen atoms in total. The van der Waals surface area contributed by atoms with Gasteiger partial charge in [0.1, 0.15) is 5.82 Å². The Morgan fingerprint density at radius 1 is 1.20 bits per heavy atom. The van der Waals surface area contributed by atoms with E-state index in [0.717, 1.165) is 6.26 Å². The molecule has 0 atom stereocenters. The first-order chi connectivity index (χ1) is 9.47. The van der Waals surface area contributed by atoms with Crippen molar-refractivity contribution in [1.29, 1.82) is 0 Å². The largest absolute Gasteiger partial charge is 0.382 e. The number of hydrogen-bond acceptors (Lipinski definition) is 3. The van der Waals surface area contributed by atoms with Gasteiger partial charge in [-0.15, -0.1) is 0 Å². The van der Waals surface area contributed by atoms with Crippen molar-refractivity contribution in [2.75, 3.05) is 18.1 Å². The first kappa shape index (κ1) is 15.3. The van der Waals surface area contributed by atoms with Crippen molar-refractivity contribution >= 4 is 15.5 Å². The number of benzene rings is 1. The number of sulfone groups is 1. The van der Waals surface area contributed by atoms with Crippen LogP contribution >= 0.6 is 0 Å². The molecule has 0 heterocycles. The van der Waals surface area contributed by atoms with Gasteiger partial charge < -0.3 is 5.32 Å². The Labute approximate surface area is 120 Å². The summed E-state index contributed by atoms with van der Waals surface area (Å²) in [4.78, 5) is 0.155. The van der Waals surface area contributed by atoms with Crippen molar-refractivity contribution in [3.63, 3.8) is 0 Å². The Morgan fingerprint density at radius 2 is 1.85 bits per heavy atom. The molecule has 0 amide bonds. The number of anilines is 1. The summed E-state index contributed by atoms with van der Waals surface area (Å²) in [6, 6.07) is 3.91. The molecule has 0 spiro atoms. The predicted octanol–water partition coefficient (Wildman–Crippen LogP) is 3.61. The standard InChI is InChI=1S/C15H22FNO2S/c1-20(18,19)13-8-9-14(16)15(10-13)17-11-12-6-4-2-3-5-7-12/h8-10,12,17H,2-7,11H2,1H3. The van der Waals surface area contributed by atoms with Crippen LogP contribution in [0.3, 0.4) is 0 Å². The van der Waals surface area contributed by atoms with Gasteiger partial charge in [0.15, 0.2) is 9.84 Å². The molecule has 0 aliphatic heterocycles. The van der Waals surface area contributed by atoms with Gasteiger partial charge >= 0.3 is 0 Å². The van der Waals surface area contributed by atoms with Crippen molar-refractivity contribution in [2.45, 2.75) is 43.4 Å². The molecule has 1 aliphatic carbocycles. The Morgan fingerprint density at radius 3 is 2.45 bits per heavy atom. The van der Waals surface area contributed by atoms with Gasteiger partial charge in [-0.1, -0.05) is 25.7 Å². The molecule has 0 unspecified atom stereocenters. The van der Waals surface area contributed by atoms with Crippen molar-refractivity contribution in [3.05, 3.63) is 24.0 Å². The number of halogens is 1. The summed E-state index contributed by atoms with van der Waals surface area (Å²) in [7, 11) is -3.30. The summed E-state index contributed by atoms with van der Waals surface area (Å²) < 4.78 is 36.7. The molecule has 0 bridgehead atoms. The Bertz CT molecular complexity index is 549. The molecular weight excluding hydrogens is 277 g/mol. The van der Waals surface area contributed by atoms with Gasteiger partial charge in [-0.25, -0.2) is 12.8 Å². The molecule has 20 heavy (non-hydrogen) atoms. The maximum atomic E-state index is 13.7. The minimum absolute atomic E-state index is 0.155. The summed E-state index contributed by atoms with van der Waals surface area (Å²) in [5.41, 5.74) is 0.289. The quantitative estimate of drug-likeness (QED) is 0.682. The fraction of sp³-hybridized carbons (Fsp3) is 0.600. The van der Waals surface area contributed by atoms with E-state index >= 15 is 0 Å². The minimum atomic E-state index is -3.30. The van der Waals surface area contributed by atoms with Crippen LogP contribution in [0, 0.1) is 11.7 Å². The third-order valence-corrected chi connectivity index (χ3v) is 5.03. The lowest BCUT2D eigenvalue weighted by atomic mass is 10.0. The fourth-order valence-electron chi connectivity index (χ4n) is 2.69. The molecule has 1 aromatic rings. The summed E-state index contributed by atoms with van der Waals surface area (Å²) >= 11 is 0. The third kappa shape index (κ3) is 4.20. The van der Waals surface area contributed by atoms with E-state index in [2.05, 4.69) is 5.32 Å². The highest BCUT2D eigenvalue weighted by Crippen LogP contribution is 2.25. The van der Waals surface area contributed by atoms with Crippen LogP contribution in [-0.4, -0.2) is 21.2 Å². The second kappa shape index (κ2) is 6.57. The molecule has 0 radical (unpaired) electrons. The maximum Gasteiger partial charge on any atom is 0.175 e. The van der Waals surface area contributed by atoms with Crippen LogP contribution in [0.1, 0.15) is 38.5 Å². The maximum absolute atomic E-state index is 13.7. The van der Waals surface area contributed by atoms with E-state index in [9.17, 15) is 12.8 Å². The average molecular weight is 299 g/mol. The highest BCUT2D eigenvalue weighted by molar-refractivity contribution is 7.90. The number of rotatable bonds is 4. The van der Waals surface area contributed by atoms with E-state index in [0.29, 0.717) is 12.5 Å². The van der Waals surface area contributed by atoms with Crippen molar-refractivity contribution < 1.29 is 12.8 Å². The predicted molar refractivity (Wildman–Crippen MR) is 79.2 cm³/mol. The average Bonchev–Trinajstić information content (AvgIpc) is 2.65. The molecular formula is C15H22FNO2S. The fourth-order valence-corrected chi connectivity index (χ4v) is 3.34. The van der Waals surface area contributed by atoms with Gasteiger partial charge in [0, 0.05) is 12.8 Å². The minimum Gasteiger partial charge on any atom is -0.382 e. The van der Waals surface area contributed by atoms with E-state index in [1.807, 2.05) is 0 Å². The SMILES string of the molecule is CS(=O)(=O)c1ccc(F)c(NCC2CCCCCC2)c1. The van der Waals surface area contributed by atoms with Crippen LogP contribution in [0.4, 0.5) is 10.1 Å². The third-order valence-electron chi connectivity index (χ3n) is 3.92. The van der Waals surface area contributed by atoms with Gasteiger partial charge in [-0.3, -0.25) is 0 Å². The van der Waals surface area contributed by atoms with Gasteiger partial charge in [-0.05, 0) is 37.0 Å². The topological polar surface area (TPSA) is 46.2 Å². The summed E-state index contributed by atoms with van der Waals surface area (Å²) in [5.74, 6) is 0.157. The first-order valence-electron chi connectivity index (χ1n) is 7.20. The molecule has 1 N–H and O–H groups in total. The highest BCUT2D eigenvalue weighted by Gasteiger charge is 2.14. The van der Waals surface area contributed by atoms with Crippen LogP contribution in [0.25, 0.3) is 0 Å². The van der Waals surface area contributed by atoms with Crippen molar-refractivity contribution in [1.82, 2.24) is 0 Å². The van der Waals surface area contributed by atoms with E-state index < -0.39 is 15.7 Å². The van der Waals surface area contributed by atoms with Gasteiger partial charge in [0.2, 0.25) is 0 Å². The van der Waals surface area contributed by atoms with Crippen LogP contribution < -0.4 is 5.32 Å². The zero-order valence-electron chi connectivity index (χ0n) is 11.9. The number of nitrogens with one attached hydrogen (secondary N) is 1. The molecule has 1 aliphatic rings. The smallest absolute Gasteiger partial charge is 0.175 e. The molecule has 5 heteroatoms. The zero-order valence-corrected chi connectivity index (χ0v) is 12.7. The van der Waals surface area contributed by atoms with E-state index in [-0.39, 0.29) is 10.6 Å². The van der Waals surface area contributed by atoms with Crippen LogP contribution in [0.5, 0.6) is 0 Å². The van der Waals surface area contributed by atoms with Crippen molar-refractivity contribution in [3.8, 4) is 0 Å². The summed E-state index contributed by atoms with van der Waals surface area (Å²) in [5, 5.41) is 3.08. The second-order valence-electron chi connectivity index (χ2n) is 5.65. The second-order valence-corrected chi connectivity index (χ2v) is 7.67. The lowest BCUT2D eigenvalue weighted by Crippen LogP contribution is -2.14. The van der Waals surface area contributed by atoms with Crippen LogP contribution in [0.15, 0.2) is 23.1 Å². The molecule has 1 aromatic carbocycles. The molecule has 1 fully saturated rings. The molecule has 1 saturated carbocycles. The monoisotopic (exact) mass is 299 g/mol. The highest BCUT2D eigenvalue weighted by atomic mass is 32.2. The summed E-state index contributed by atoms with van der Waals surface area (Å²) in [6.07, 6.45) is 8.51. The lowest BCUT2D eigenvalue weighted by molar-refractivity contribution is 0.482.